The molecule has 0 aliphatic carbocycles. The molecule has 1 aromatic heterocycles. The molecular weight excluding hydrogens is 337 g/mol. The van der Waals surface area contributed by atoms with Gasteiger partial charge in [0.25, 0.3) is 0 Å². The van der Waals surface area contributed by atoms with Gasteiger partial charge in [0, 0.05) is 4.47 Å². The van der Waals surface area contributed by atoms with Gasteiger partial charge in [-0.2, -0.15) is 0 Å². The molecule has 0 spiro atoms. The number of hydrogen-bond acceptors (Lipinski definition) is 2. The quantitative estimate of drug-likeness (QED) is 0.742. The first-order valence-electron chi connectivity index (χ1n) is 5.56. The van der Waals surface area contributed by atoms with Crippen LogP contribution in [-0.4, -0.2) is 0 Å². The molecule has 0 amide bonds. The Morgan fingerprint density at radius 2 is 2.00 bits per heavy atom. The van der Waals surface area contributed by atoms with Crippen molar-refractivity contribution in [3.63, 3.8) is 0 Å². The first-order chi connectivity index (χ1) is 8.61. The van der Waals surface area contributed by atoms with Gasteiger partial charge in [-0.25, -0.2) is 0 Å². The zero-order chi connectivity index (χ0) is 13.1. The standard InChI is InChI=1S/C13H12BrCl2NO/c1-2-11(12-4-3-5-18-12)17-13-9(15)6-8(14)7-10(13)16/h3-7,11,17H,2H2,1H3. The summed E-state index contributed by atoms with van der Waals surface area (Å²) in [5, 5.41) is 4.48. The molecule has 0 saturated heterocycles. The highest BCUT2D eigenvalue weighted by atomic mass is 79.9. The minimum absolute atomic E-state index is 0.0520. The van der Waals surface area contributed by atoms with Crippen molar-refractivity contribution in [2.24, 2.45) is 0 Å². The largest absolute Gasteiger partial charge is 0.467 e. The summed E-state index contributed by atoms with van der Waals surface area (Å²) in [6.07, 6.45) is 2.53. The molecular formula is C13H12BrCl2NO. The molecule has 0 aliphatic heterocycles. The van der Waals surface area contributed by atoms with Gasteiger partial charge in [0.2, 0.25) is 0 Å². The smallest absolute Gasteiger partial charge is 0.125 e. The number of rotatable bonds is 4. The van der Waals surface area contributed by atoms with Gasteiger partial charge in [0.1, 0.15) is 5.76 Å². The maximum atomic E-state index is 6.19. The third kappa shape index (κ3) is 3.02. The molecule has 96 valence electrons. The van der Waals surface area contributed by atoms with Gasteiger partial charge in [-0.3, -0.25) is 0 Å². The average molecular weight is 349 g/mol. The predicted octanol–water partition coefficient (Wildman–Crippen LogP) is 5.91. The topological polar surface area (TPSA) is 25.2 Å². The van der Waals surface area contributed by atoms with Crippen LogP contribution in [-0.2, 0) is 0 Å². The van der Waals surface area contributed by atoms with Crippen LogP contribution in [0.4, 0.5) is 5.69 Å². The first-order valence-corrected chi connectivity index (χ1v) is 7.11. The van der Waals surface area contributed by atoms with Gasteiger partial charge in [0.05, 0.1) is 28.0 Å². The van der Waals surface area contributed by atoms with E-state index >= 15 is 0 Å². The van der Waals surface area contributed by atoms with E-state index in [0.717, 1.165) is 22.3 Å². The van der Waals surface area contributed by atoms with Gasteiger partial charge in [-0.05, 0) is 30.7 Å². The molecule has 0 aliphatic rings. The summed E-state index contributed by atoms with van der Waals surface area (Å²) in [5.74, 6) is 0.868. The van der Waals surface area contributed by atoms with Crippen LogP contribution in [0.15, 0.2) is 39.4 Å². The third-order valence-corrected chi connectivity index (χ3v) is 3.67. The Morgan fingerprint density at radius 1 is 1.33 bits per heavy atom. The summed E-state index contributed by atoms with van der Waals surface area (Å²) in [7, 11) is 0. The van der Waals surface area contributed by atoms with Crippen molar-refractivity contribution in [1.29, 1.82) is 0 Å². The average Bonchev–Trinajstić information content (AvgIpc) is 2.81. The molecule has 0 saturated carbocycles. The lowest BCUT2D eigenvalue weighted by atomic mass is 10.1. The highest BCUT2D eigenvalue weighted by Crippen LogP contribution is 2.36. The SMILES string of the molecule is CCC(Nc1c(Cl)cc(Br)cc1Cl)c1ccco1. The summed E-state index contributed by atoms with van der Waals surface area (Å²) in [4.78, 5) is 0. The molecule has 5 heteroatoms. The van der Waals surface area contributed by atoms with Crippen molar-refractivity contribution in [3.8, 4) is 0 Å². The Morgan fingerprint density at radius 3 is 2.50 bits per heavy atom. The summed E-state index contributed by atoms with van der Waals surface area (Å²) >= 11 is 15.7. The summed E-state index contributed by atoms with van der Waals surface area (Å²) in [6, 6.07) is 7.47. The van der Waals surface area contributed by atoms with E-state index in [1.807, 2.05) is 24.3 Å². The second-order valence-electron chi connectivity index (χ2n) is 3.87. The van der Waals surface area contributed by atoms with Gasteiger partial charge < -0.3 is 9.73 Å². The van der Waals surface area contributed by atoms with Crippen LogP contribution in [0.5, 0.6) is 0 Å². The van der Waals surface area contributed by atoms with Gasteiger partial charge in [0.15, 0.2) is 0 Å². The number of nitrogens with one attached hydrogen (secondary N) is 1. The normalized spacial score (nSPS) is 12.4. The van der Waals surface area contributed by atoms with Crippen LogP contribution >= 0.6 is 39.1 Å². The fourth-order valence-corrected chi connectivity index (χ4v) is 3.04. The van der Waals surface area contributed by atoms with Crippen LogP contribution in [0.1, 0.15) is 25.1 Å². The number of anilines is 1. The van der Waals surface area contributed by atoms with E-state index in [9.17, 15) is 0 Å². The van der Waals surface area contributed by atoms with E-state index in [4.69, 9.17) is 27.6 Å². The highest BCUT2D eigenvalue weighted by molar-refractivity contribution is 9.10. The zero-order valence-electron chi connectivity index (χ0n) is 9.71. The van der Waals surface area contributed by atoms with E-state index in [0.29, 0.717) is 10.0 Å². The number of benzene rings is 1. The molecule has 0 fully saturated rings. The number of hydrogen-bond donors (Lipinski definition) is 1. The van der Waals surface area contributed by atoms with Gasteiger partial charge >= 0.3 is 0 Å². The lowest BCUT2D eigenvalue weighted by Crippen LogP contribution is -2.09. The van der Waals surface area contributed by atoms with E-state index < -0.39 is 0 Å². The van der Waals surface area contributed by atoms with Gasteiger partial charge in [-0.1, -0.05) is 46.1 Å². The zero-order valence-corrected chi connectivity index (χ0v) is 12.8. The second-order valence-corrected chi connectivity index (χ2v) is 5.60. The first kappa shape index (κ1) is 13.8. The van der Waals surface area contributed by atoms with Gasteiger partial charge in [-0.15, -0.1) is 0 Å². The Labute approximate surface area is 124 Å². The Balaban J connectivity index is 2.28. The maximum absolute atomic E-state index is 6.19. The van der Waals surface area contributed by atoms with Crippen molar-refractivity contribution >= 4 is 44.8 Å². The molecule has 1 unspecified atom stereocenters. The van der Waals surface area contributed by atoms with Crippen LogP contribution in [0.2, 0.25) is 10.0 Å². The van der Waals surface area contributed by atoms with Crippen LogP contribution in [0, 0.1) is 0 Å². The van der Waals surface area contributed by atoms with E-state index in [-0.39, 0.29) is 6.04 Å². The molecule has 18 heavy (non-hydrogen) atoms. The molecule has 1 N–H and O–H groups in total. The van der Waals surface area contributed by atoms with E-state index in [2.05, 4.69) is 28.2 Å². The number of halogens is 3. The molecule has 1 heterocycles. The molecule has 2 nitrogen and oxygen atoms in total. The Kier molecular flexibility index (Phi) is 4.60. The molecule has 0 radical (unpaired) electrons. The molecule has 1 atom stereocenters. The Bertz CT molecular complexity index is 505. The van der Waals surface area contributed by atoms with E-state index in [1.165, 1.54) is 0 Å². The van der Waals surface area contributed by atoms with Crippen molar-refractivity contribution in [2.45, 2.75) is 19.4 Å². The lowest BCUT2D eigenvalue weighted by Gasteiger charge is -2.18. The van der Waals surface area contributed by atoms with Crippen LogP contribution < -0.4 is 5.32 Å². The molecule has 2 rings (SSSR count). The maximum Gasteiger partial charge on any atom is 0.125 e. The Hall–Kier alpha value is -0.640. The fraction of sp³-hybridized carbons (Fsp3) is 0.231. The van der Waals surface area contributed by atoms with Crippen molar-refractivity contribution in [1.82, 2.24) is 0 Å². The van der Waals surface area contributed by atoms with Crippen LogP contribution in [0.25, 0.3) is 0 Å². The number of furan rings is 1. The van der Waals surface area contributed by atoms with E-state index in [1.54, 1.807) is 6.26 Å². The van der Waals surface area contributed by atoms with Crippen LogP contribution in [0.3, 0.4) is 0 Å². The van der Waals surface area contributed by atoms with Crippen molar-refractivity contribution in [2.75, 3.05) is 5.32 Å². The molecule has 2 aromatic rings. The minimum atomic E-state index is 0.0520. The molecule has 0 bridgehead atoms. The third-order valence-electron chi connectivity index (χ3n) is 2.62. The van der Waals surface area contributed by atoms with Crippen molar-refractivity contribution < 1.29 is 4.42 Å². The fourth-order valence-electron chi connectivity index (χ4n) is 1.72. The highest BCUT2D eigenvalue weighted by Gasteiger charge is 2.15. The summed E-state index contributed by atoms with van der Waals surface area (Å²) in [6.45, 7) is 2.07. The monoisotopic (exact) mass is 347 g/mol. The lowest BCUT2D eigenvalue weighted by molar-refractivity contribution is 0.474. The predicted molar refractivity (Wildman–Crippen MR) is 79.5 cm³/mol. The minimum Gasteiger partial charge on any atom is -0.467 e. The molecule has 1 aromatic carbocycles. The second kappa shape index (κ2) is 6.00. The summed E-state index contributed by atoms with van der Waals surface area (Å²) < 4.78 is 6.26. The van der Waals surface area contributed by atoms with Crippen molar-refractivity contribution in [3.05, 3.63) is 50.8 Å². The summed E-state index contributed by atoms with van der Waals surface area (Å²) in [5.41, 5.74) is 0.727.